The van der Waals surface area contributed by atoms with Crippen LogP contribution in [0.1, 0.15) is 33.6 Å². The lowest BCUT2D eigenvalue weighted by atomic mass is 9.75. The Labute approximate surface area is 128 Å². The van der Waals surface area contributed by atoms with Gasteiger partial charge in [-0.1, -0.05) is 20.3 Å². The van der Waals surface area contributed by atoms with Crippen LogP contribution in [0.15, 0.2) is 0 Å². The summed E-state index contributed by atoms with van der Waals surface area (Å²) in [5.41, 5.74) is 7.73. The normalized spacial score (nSPS) is 22.8. The van der Waals surface area contributed by atoms with Gasteiger partial charge in [-0.25, -0.2) is 4.79 Å². The fraction of sp³-hybridized carbons (Fsp3) is 0.714. The van der Waals surface area contributed by atoms with E-state index in [2.05, 4.69) is 22.3 Å². The molecular formula is C14H22N4O4. The molecule has 0 bridgehead atoms. The number of carboxylic acid groups (broad SMARTS) is 1. The number of rotatable bonds is 9. The number of amides is 1. The van der Waals surface area contributed by atoms with Gasteiger partial charge in [0.2, 0.25) is 5.91 Å². The average Bonchev–Trinajstić information content (AvgIpc) is 2.44. The molecule has 1 fully saturated rings. The number of ketones is 1. The van der Waals surface area contributed by atoms with Crippen LogP contribution in [0.2, 0.25) is 0 Å². The molecule has 0 aliphatic carbocycles. The van der Waals surface area contributed by atoms with Gasteiger partial charge >= 0.3 is 11.7 Å². The highest BCUT2D eigenvalue weighted by Crippen LogP contribution is 2.26. The molecule has 0 aromatic heterocycles. The monoisotopic (exact) mass is 310 g/mol. The van der Waals surface area contributed by atoms with Crippen LogP contribution in [-0.2, 0) is 14.4 Å². The predicted octanol–water partition coefficient (Wildman–Crippen LogP) is -0.160. The van der Waals surface area contributed by atoms with Crippen molar-refractivity contribution in [1.82, 2.24) is 10.6 Å². The van der Waals surface area contributed by atoms with E-state index in [-0.39, 0.29) is 11.9 Å². The molecule has 4 atom stereocenters. The second-order valence-electron chi connectivity index (χ2n) is 5.56. The number of carbonyl (C=O) groups is 3. The van der Waals surface area contributed by atoms with Gasteiger partial charge in [0, 0.05) is 12.0 Å². The molecule has 0 aromatic rings. The van der Waals surface area contributed by atoms with Crippen molar-refractivity contribution in [3.63, 3.8) is 0 Å². The molecule has 0 aromatic carbocycles. The van der Waals surface area contributed by atoms with Gasteiger partial charge in [0.05, 0.1) is 12.0 Å². The highest BCUT2D eigenvalue weighted by atomic mass is 16.4. The third kappa shape index (κ3) is 3.78. The third-order valence-electron chi connectivity index (χ3n) is 4.02. The van der Waals surface area contributed by atoms with Crippen molar-refractivity contribution in [2.45, 2.75) is 45.7 Å². The van der Waals surface area contributed by atoms with Gasteiger partial charge in [0.1, 0.15) is 0 Å². The molecule has 22 heavy (non-hydrogen) atoms. The van der Waals surface area contributed by atoms with E-state index < -0.39 is 35.3 Å². The van der Waals surface area contributed by atoms with Crippen LogP contribution < -0.4 is 10.6 Å². The summed E-state index contributed by atoms with van der Waals surface area (Å²) in [5.74, 6) is -3.75. The Morgan fingerprint density at radius 3 is 2.55 bits per heavy atom. The van der Waals surface area contributed by atoms with E-state index in [0.717, 1.165) is 19.4 Å². The lowest BCUT2D eigenvalue weighted by Gasteiger charge is -2.42. The molecule has 8 heteroatoms. The molecule has 1 aliphatic rings. The number of β-lactam (4-membered cyclic amide) rings is 1. The summed E-state index contributed by atoms with van der Waals surface area (Å²) in [6.45, 7) is 6.22. The number of hydrogen-bond acceptors (Lipinski definition) is 4. The summed E-state index contributed by atoms with van der Waals surface area (Å²) in [6.07, 6.45) is 2.02. The maximum Gasteiger partial charge on any atom is 0.441 e. The molecule has 1 saturated heterocycles. The molecule has 0 radical (unpaired) electrons. The van der Waals surface area contributed by atoms with Crippen molar-refractivity contribution in [1.29, 1.82) is 0 Å². The van der Waals surface area contributed by atoms with Gasteiger partial charge in [-0.15, -0.1) is 0 Å². The Balaban J connectivity index is 2.75. The summed E-state index contributed by atoms with van der Waals surface area (Å²) < 4.78 is 0. The Kier molecular flexibility index (Phi) is 6.39. The highest BCUT2D eigenvalue weighted by Gasteiger charge is 2.50. The smallest absolute Gasteiger partial charge is 0.441 e. The van der Waals surface area contributed by atoms with E-state index in [0.29, 0.717) is 0 Å². The largest absolute Gasteiger partial charge is 0.472 e. The molecular weight excluding hydrogens is 288 g/mol. The molecule has 122 valence electrons. The minimum Gasteiger partial charge on any atom is -0.472 e. The molecule has 0 spiro atoms. The van der Waals surface area contributed by atoms with E-state index >= 15 is 0 Å². The predicted molar refractivity (Wildman–Crippen MR) is 78.2 cm³/mol. The first-order valence-electron chi connectivity index (χ1n) is 7.38. The first kappa shape index (κ1) is 18.0. The number of nitrogens with zero attached hydrogens (tertiary/aromatic N) is 2. The van der Waals surface area contributed by atoms with E-state index in [9.17, 15) is 14.4 Å². The molecule has 8 nitrogen and oxygen atoms in total. The zero-order valence-corrected chi connectivity index (χ0v) is 13.0. The average molecular weight is 310 g/mol. The second-order valence-corrected chi connectivity index (χ2v) is 5.56. The zero-order chi connectivity index (χ0) is 16.9. The van der Waals surface area contributed by atoms with Crippen LogP contribution in [0.5, 0.6) is 0 Å². The van der Waals surface area contributed by atoms with Crippen molar-refractivity contribution in [2.24, 2.45) is 11.8 Å². The maximum atomic E-state index is 12.0. The van der Waals surface area contributed by atoms with Crippen molar-refractivity contribution >= 4 is 23.4 Å². The molecule has 3 N–H and O–H groups in total. The Morgan fingerprint density at radius 2 is 2.09 bits per heavy atom. The molecule has 1 heterocycles. The fourth-order valence-corrected chi connectivity index (χ4v) is 2.60. The maximum absolute atomic E-state index is 12.0. The van der Waals surface area contributed by atoms with Crippen LogP contribution in [0.25, 0.3) is 5.53 Å². The van der Waals surface area contributed by atoms with E-state index in [1.54, 1.807) is 0 Å². The summed E-state index contributed by atoms with van der Waals surface area (Å²) >= 11 is 0. The van der Waals surface area contributed by atoms with Crippen molar-refractivity contribution in [3.05, 3.63) is 5.53 Å². The number of nitrogens with one attached hydrogen (secondary N) is 2. The highest BCUT2D eigenvalue weighted by molar-refractivity contribution is 6.62. The minimum atomic E-state index is -1.59. The third-order valence-corrected chi connectivity index (χ3v) is 4.02. The Bertz CT molecular complexity index is 513. The van der Waals surface area contributed by atoms with E-state index in [1.165, 1.54) is 6.92 Å². The summed E-state index contributed by atoms with van der Waals surface area (Å²) in [6, 6.07) is -0.597. The number of carbonyl (C=O) groups excluding carboxylic acids is 2. The first-order valence-corrected chi connectivity index (χ1v) is 7.38. The quantitative estimate of drug-likeness (QED) is 0.136. The fourth-order valence-electron chi connectivity index (χ4n) is 2.60. The molecule has 1 unspecified atom stereocenters. The number of hydrogen-bond donors (Lipinski definition) is 3. The first-order chi connectivity index (χ1) is 10.3. The number of unbranched alkanes of at least 4 members (excludes halogenated alkanes) is 1. The summed E-state index contributed by atoms with van der Waals surface area (Å²) in [5, 5.41) is 14.7. The number of aliphatic carboxylic acids is 1. The standard InChI is InChI=1S/C14H22N4O4/c1-4-5-6-16-8(3)9-10(17-13(9)20)7(2)12(19)11(18-15)14(21)22/h7-10,16H,4-6H2,1-3H3,(H,17,20)(H,21,22)/t7?,8-,9-,10-/m1/s1. The van der Waals surface area contributed by atoms with Crippen LogP contribution in [-0.4, -0.2) is 51.9 Å². The Hall–Kier alpha value is -2.05. The van der Waals surface area contributed by atoms with Gasteiger partial charge in [0.15, 0.2) is 0 Å². The topological polar surface area (TPSA) is 132 Å². The molecule has 1 rings (SSSR count). The summed E-state index contributed by atoms with van der Waals surface area (Å²) in [4.78, 5) is 37.2. The molecule has 1 aliphatic heterocycles. The van der Waals surface area contributed by atoms with E-state index in [1.807, 2.05) is 6.92 Å². The van der Waals surface area contributed by atoms with Crippen LogP contribution >= 0.6 is 0 Å². The molecule has 0 saturated carbocycles. The minimum absolute atomic E-state index is 0.125. The van der Waals surface area contributed by atoms with Crippen LogP contribution in [0, 0.1) is 11.8 Å². The summed E-state index contributed by atoms with van der Waals surface area (Å²) in [7, 11) is 0. The SMILES string of the molecule is CCCCN[C@H](C)[C@H]1C(=O)N[C@@H]1C(C)C(=O)C(=[N+]=[N-])C(=O)O. The van der Waals surface area contributed by atoms with Crippen LogP contribution in [0.4, 0.5) is 0 Å². The van der Waals surface area contributed by atoms with E-state index in [4.69, 9.17) is 10.6 Å². The number of carboxylic acids is 1. The van der Waals surface area contributed by atoms with Crippen molar-refractivity contribution in [3.8, 4) is 0 Å². The molecule has 1 amide bonds. The second kappa shape index (κ2) is 7.82. The van der Waals surface area contributed by atoms with Gasteiger partial charge < -0.3 is 21.3 Å². The van der Waals surface area contributed by atoms with Gasteiger partial charge in [-0.2, -0.15) is 4.79 Å². The lowest BCUT2D eigenvalue weighted by Crippen LogP contribution is -2.67. The zero-order valence-electron chi connectivity index (χ0n) is 13.0. The van der Waals surface area contributed by atoms with Crippen LogP contribution in [0.3, 0.4) is 0 Å². The van der Waals surface area contributed by atoms with Gasteiger partial charge in [-0.3, -0.25) is 9.59 Å². The van der Waals surface area contributed by atoms with Crippen molar-refractivity contribution < 1.29 is 24.3 Å². The van der Waals surface area contributed by atoms with Crippen molar-refractivity contribution in [2.75, 3.05) is 6.54 Å². The van der Waals surface area contributed by atoms with Gasteiger partial charge in [-0.05, 0) is 19.9 Å². The Morgan fingerprint density at radius 1 is 1.45 bits per heavy atom. The lowest BCUT2D eigenvalue weighted by molar-refractivity contribution is -0.141. The van der Waals surface area contributed by atoms with Gasteiger partial charge in [0.25, 0.3) is 5.78 Å². The number of Topliss-reactive ketones (excluding diaryl/α,β-unsaturated/α-hetero) is 1.